The molecule has 7 heteroatoms. The molecule has 38 heavy (non-hydrogen) atoms. The quantitative estimate of drug-likeness (QED) is 0.273. The van der Waals surface area contributed by atoms with Gasteiger partial charge in [0.15, 0.2) is 11.5 Å². The lowest BCUT2D eigenvalue weighted by Gasteiger charge is -2.26. The number of methoxy groups -OCH3 is 2. The van der Waals surface area contributed by atoms with Crippen LogP contribution in [0.15, 0.2) is 72.8 Å². The van der Waals surface area contributed by atoms with Gasteiger partial charge in [0, 0.05) is 31.2 Å². The molecule has 1 saturated heterocycles. The van der Waals surface area contributed by atoms with Crippen LogP contribution in [0.5, 0.6) is 11.5 Å². The van der Waals surface area contributed by atoms with E-state index in [-0.39, 0.29) is 6.03 Å². The van der Waals surface area contributed by atoms with Crippen LogP contribution in [0.1, 0.15) is 24.8 Å². The summed E-state index contributed by atoms with van der Waals surface area (Å²) in [7, 11) is 3.33. The van der Waals surface area contributed by atoms with E-state index in [9.17, 15) is 4.79 Å². The molecule has 0 aliphatic carbocycles. The Balaban J connectivity index is 1.27. The van der Waals surface area contributed by atoms with Gasteiger partial charge in [-0.1, -0.05) is 54.6 Å². The van der Waals surface area contributed by atoms with Gasteiger partial charge in [0.2, 0.25) is 0 Å². The van der Waals surface area contributed by atoms with Gasteiger partial charge in [0.05, 0.1) is 19.9 Å². The van der Waals surface area contributed by atoms with Crippen LogP contribution in [0, 0.1) is 0 Å². The topological polar surface area (TPSA) is 74.9 Å². The van der Waals surface area contributed by atoms with Gasteiger partial charge in [-0.25, -0.2) is 4.79 Å². The van der Waals surface area contributed by atoms with E-state index in [0.717, 1.165) is 67.3 Å². The molecule has 1 atom stereocenters. The predicted octanol–water partition coefficient (Wildman–Crippen LogP) is 5.18. The number of hydrogen-bond donors (Lipinski definition) is 3. The second-order valence-electron chi connectivity index (χ2n) is 9.68. The molecule has 1 heterocycles. The largest absolute Gasteiger partial charge is 0.493 e. The lowest BCUT2D eigenvalue weighted by atomic mass is 10.0. The highest BCUT2D eigenvalue weighted by atomic mass is 16.5. The molecular formula is C31H40N4O3. The molecule has 0 spiro atoms. The minimum absolute atomic E-state index is 0.178. The molecule has 1 aliphatic heterocycles. The molecule has 3 aromatic rings. The summed E-state index contributed by atoms with van der Waals surface area (Å²) in [5.41, 5.74) is 4.12. The number of nitrogens with zero attached hydrogens (tertiary/aromatic N) is 1. The molecule has 0 unspecified atom stereocenters. The molecule has 202 valence electrons. The van der Waals surface area contributed by atoms with Crippen LogP contribution in [0.25, 0.3) is 11.1 Å². The number of carbonyl (C=O) groups excluding carboxylic acids is 1. The molecule has 4 rings (SSSR count). The fourth-order valence-corrected chi connectivity index (χ4v) is 4.97. The van der Waals surface area contributed by atoms with Crippen molar-refractivity contribution in [2.24, 2.45) is 0 Å². The molecule has 2 amide bonds. The summed E-state index contributed by atoms with van der Waals surface area (Å²) < 4.78 is 10.8. The Hall–Kier alpha value is -3.55. The third-order valence-corrected chi connectivity index (χ3v) is 7.00. The van der Waals surface area contributed by atoms with Crippen molar-refractivity contribution in [3.05, 3.63) is 78.4 Å². The van der Waals surface area contributed by atoms with Gasteiger partial charge in [-0.05, 0) is 68.1 Å². The van der Waals surface area contributed by atoms with Crippen LogP contribution in [-0.4, -0.2) is 63.9 Å². The van der Waals surface area contributed by atoms with Crippen molar-refractivity contribution < 1.29 is 14.3 Å². The summed E-state index contributed by atoms with van der Waals surface area (Å²) in [6, 6.07) is 24.5. The fourth-order valence-electron chi connectivity index (χ4n) is 4.97. The number of benzene rings is 3. The summed E-state index contributed by atoms with van der Waals surface area (Å²) in [6.45, 7) is 4.60. The van der Waals surface area contributed by atoms with Crippen LogP contribution < -0.4 is 25.4 Å². The zero-order valence-electron chi connectivity index (χ0n) is 22.5. The highest BCUT2D eigenvalue weighted by Crippen LogP contribution is 2.28. The van der Waals surface area contributed by atoms with Crippen molar-refractivity contribution in [1.82, 2.24) is 15.5 Å². The lowest BCUT2D eigenvalue weighted by Crippen LogP contribution is -2.40. The Bertz CT molecular complexity index is 1150. The Morgan fingerprint density at radius 2 is 1.76 bits per heavy atom. The minimum atomic E-state index is -0.178. The molecule has 0 bridgehead atoms. The zero-order valence-corrected chi connectivity index (χ0v) is 22.5. The molecule has 0 saturated carbocycles. The molecule has 1 fully saturated rings. The Morgan fingerprint density at radius 3 is 2.53 bits per heavy atom. The maximum absolute atomic E-state index is 12.7. The number of amides is 2. The van der Waals surface area contributed by atoms with Gasteiger partial charge in [-0.3, -0.25) is 0 Å². The molecule has 0 aromatic heterocycles. The van der Waals surface area contributed by atoms with Crippen LogP contribution >= 0.6 is 0 Å². The monoisotopic (exact) mass is 516 g/mol. The third kappa shape index (κ3) is 7.97. The maximum Gasteiger partial charge on any atom is 0.319 e. The standard InChI is InChI=1S/C31H40N4O3/c1-37-29-16-15-24(22-30(29)38-2)17-21-35(23-26-12-8-18-32-26)20-9-19-33-31(36)34-28-14-7-6-13-27(28)25-10-4-3-5-11-25/h3-7,10-11,13-16,22,26,32H,8-9,12,17-21,23H2,1-2H3,(H2,33,34,36)/t26-/m0/s1. The van der Waals surface area contributed by atoms with Gasteiger partial charge in [-0.15, -0.1) is 0 Å². The zero-order chi connectivity index (χ0) is 26.6. The molecule has 0 radical (unpaired) electrons. The summed E-state index contributed by atoms with van der Waals surface area (Å²) >= 11 is 0. The van der Waals surface area contributed by atoms with Gasteiger partial charge in [-0.2, -0.15) is 0 Å². The minimum Gasteiger partial charge on any atom is -0.493 e. The van der Waals surface area contributed by atoms with E-state index in [2.05, 4.69) is 33.0 Å². The Kier molecular flexibility index (Phi) is 10.4. The summed E-state index contributed by atoms with van der Waals surface area (Å²) in [6.07, 6.45) is 4.26. The van der Waals surface area contributed by atoms with E-state index in [1.807, 2.05) is 60.7 Å². The van der Waals surface area contributed by atoms with E-state index in [1.54, 1.807) is 14.2 Å². The van der Waals surface area contributed by atoms with Crippen LogP contribution in [0.3, 0.4) is 0 Å². The Labute approximate surface area is 226 Å². The average Bonchev–Trinajstić information content (AvgIpc) is 3.47. The Morgan fingerprint density at radius 1 is 0.974 bits per heavy atom. The number of carbonyl (C=O) groups is 1. The molecule has 7 nitrogen and oxygen atoms in total. The molecular weight excluding hydrogens is 476 g/mol. The average molecular weight is 517 g/mol. The van der Waals surface area contributed by atoms with Crippen molar-refractivity contribution in [2.75, 3.05) is 52.3 Å². The summed E-state index contributed by atoms with van der Waals surface area (Å²) in [5.74, 6) is 1.51. The van der Waals surface area contributed by atoms with Gasteiger partial charge < -0.3 is 30.3 Å². The van der Waals surface area contributed by atoms with E-state index < -0.39 is 0 Å². The SMILES string of the molecule is COc1ccc(CCN(CCCNC(=O)Nc2ccccc2-c2ccccc2)C[C@@H]2CCCN2)cc1OC. The summed E-state index contributed by atoms with van der Waals surface area (Å²) in [4.78, 5) is 15.2. The first-order valence-corrected chi connectivity index (χ1v) is 13.5. The van der Waals surface area contributed by atoms with Crippen LogP contribution in [-0.2, 0) is 6.42 Å². The van der Waals surface area contributed by atoms with E-state index in [4.69, 9.17) is 9.47 Å². The highest BCUT2D eigenvalue weighted by Gasteiger charge is 2.18. The number of nitrogens with one attached hydrogen (secondary N) is 3. The highest BCUT2D eigenvalue weighted by molar-refractivity contribution is 5.94. The normalized spacial score (nSPS) is 14.9. The van der Waals surface area contributed by atoms with Gasteiger partial charge >= 0.3 is 6.03 Å². The van der Waals surface area contributed by atoms with Crippen molar-refractivity contribution in [1.29, 1.82) is 0 Å². The maximum atomic E-state index is 12.7. The molecule has 3 aromatic carbocycles. The molecule has 1 aliphatic rings. The van der Waals surface area contributed by atoms with Crippen LogP contribution in [0.4, 0.5) is 10.5 Å². The lowest BCUT2D eigenvalue weighted by molar-refractivity contribution is 0.241. The van der Waals surface area contributed by atoms with E-state index >= 15 is 0 Å². The van der Waals surface area contributed by atoms with Crippen molar-refractivity contribution in [3.63, 3.8) is 0 Å². The van der Waals surface area contributed by atoms with Crippen molar-refractivity contribution >= 4 is 11.7 Å². The van der Waals surface area contributed by atoms with Crippen LogP contribution in [0.2, 0.25) is 0 Å². The molecule has 3 N–H and O–H groups in total. The van der Waals surface area contributed by atoms with Gasteiger partial charge in [0.1, 0.15) is 0 Å². The number of urea groups is 1. The second kappa shape index (κ2) is 14.4. The van der Waals surface area contributed by atoms with Crippen molar-refractivity contribution in [2.45, 2.75) is 31.7 Å². The first-order chi connectivity index (χ1) is 18.7. The number of hydrogen-bond acceptors (Lipinski definition) is 5. The number of para-hydroxylation sites is 1. The number of rotatable bonds is 13. The smallest absolute Gasteiger partial charge is 0.319 e. The fraction of sp³-hybridized carbons (Fsp3) is 0.387. The first kappa shape index (κ1) is 27.5. The number of anilines is 1. The second-order valence-corrected chi connectivity index (χ2v) is 9.68. The van der Waals surface area contributed by atoms with E-state index in [1.165, 1.54) is 18.4 Å². The first-order valence-electron chi connectivity index (χ1n) is 13.5. The van der Waals surface area contributed by atoms with Gasteiger partial charge in [0.25, 0.3) is 0 Å². The summed E-state index contributed by atoms with van der Waals surface area (Å²) in [5, 5.41) is 9.68. The van der Waals surface area contributed by atoms with E-state index in [0.29, 0.717) is 12.6 Å². The number of ether oxygens (including phenoxy) is 2. The predicted molar refractivity (Wildman–Crippen MR) is 154 cm³/mol. The third-order valence-electron chi connectivity index (χ3n) is 7.00. The van der Waals surface area contributed by atoms with Crippen molar-refractivity contribution in [3.8, 4) is 22.6 Å².